The van der Waals surface area contributed by atoms with Crippen LogP contribution in [0.1, 0.15) is 13.3 Å². The summed E-state index contributed by atoms with van der Waals surface area (Å²) in [6, 6.07) is 4.17. The summed E-state index contributed by atoms with van der Waals surface area (Å²) >= 11 is 5.14. The van der Waals surface area contributed by atoms with Crippen molar-refractivity contribution in [3.05, 3.63) is 22.8 Å². The van der Waals surface area contributed by atoms with Crippen LogP contribution in [0.4, 0.5) is 0 Å². The summed E-state index contributed by atoms with van der Waals surface area (Å²) in [5.74, 6) is 0.923. The smallest absolute Gasteiger partial charge is 0.110 e. The van der Waals surface area contributed by atoms with Crippen LogP contribution in [0.25, 0.3) is 0 Å². The van der Waals surface area contributed by atoms with Crippen molar-refractivity contribution in [2.45, 2.75) is 24.4 Å². The Kier molecular flexibility index (Phi) is 4.77. The van der Waals surface area contributed by atoms with Gasteiger partial charge in [0.05, 0.1) is 0 Å². The maximum Gasteiger partial charge on any atom is 0.110 e. The van der Waals surface area contributed by atoms with E-state index in [9.17, 15) is 0 Å². The van der Waals surface area contributed by atoms with Crippen LogP contribution in [0.2, 0.25) is 0 Å². The van der Waals surface area contributed by atoms with Crippen LogP contribution in [0.3, 0.4) is 0 Å². The standard InChI is InChI=1S/C9H13BrN2S/c1-2-7(11)6-13-9-8(10)4-3-5-12-9/h3-5,7H,2,6,11H2,1H3. The van der Waals surface area contributed by atoms with Crippen LogP contribution in [0, 0.1) is 0 Å². The fourth-order valence-electron chi connectivity index (χ4n) is 0.781. The van der Waals surface area contributed by atoms with Gasteiger partial charge in [0.2, 0.25) is 0 Å². The van der Waals surface area contributed by atoms with Crippen LogP contribution >= 0.6 is 27.7 Å². The lowest BCUT2D eigenvalue weighted by Gasteiger charge is -2.07. The summed E-state index contributed by atoms with van der Waals surface area (Å²) in [5, 5.41) is 1.02. The largest absolute Gasteiger partial charge is 0.327 e. The molecule has 1 unspecified atom stereocenters. The third-order valence-electron chi connectivity index (χ3n) is 1.68. The van der Waals surface area contributed by atoms with Gasteiger partial charge in [0, 0.05) is 22.5 Å². The lowest BCUT2D eigenvalue weighted by atomic mass is 10.3. The lowest BCUT2D eigenvalue weighted by Crippen LogP contribution is -2.21. The number of aromatic nitrogens is 1. The van der Waals surface area contributed by atoms with Crippen molar-refractivity contribution in [1.82, 2.24) is 4.98 Å². The third kappa shape index (κ3) is 3.67. The number of halogens is 1. The van der Waals surface area contributed by atoms with Gasteiger partial charge in [-0.05, 0) is 34.5 Å². The Labute approximate surface area is 91.4 Å². The highest BCUT2D eigenvalue weighted by Crippen LogP contribution is 2.24. The van der Waals surface area contributed by atoms with E-state index in [1.807, 2.05) is 12.1 Å². The van der Waals surface area contributed by atoms with Crippen LogP contribution < -0.4 is 5.73 Å². The van der Waals surface area contributed by atoms with E-state index in [2.05, 4.69) is 27.8 Å². The average Bonchev–Trinajstić information content (AvgIpc) is 2.16. The Morgan fingerprint density at radius 1 is 1.69 bits per heavy atom. The van der Waals surface area contributed by atoms with Crippen molar-refractivity contribution >= 4 is 27.7 Å². The molecule has 1 aromatic heterocycles. The number of nitrogens with zero attached hydrogens (tertiary/aromatic N) is 1. The first kappa shape index (κ1) is 11.0. The zero-order chi connectivity index (χ0) is 9.68. The second-order valence-electron chi connectivity index (χ2n) is 2.77. The Hall–Kier alpha value is -0.0600. The van der Waals surface area contributed by atoms with Gasteiger partial charge in [-0.15, -0.1) is 11.8 Å². The lowest BCUT2D eigenvalue weighted by molar-refractivity contribution is 0.724. The number of hydrogen-bond acceptors (Lipinski definition) is 3. The fourth-order valence-corrected chi connectivity index (χ4v) is 2.33. The second kappa shape index (κ2) is 5.62. The predicted octanol–water partition coefficient (Wildman–Crippen LogP) is 2.67. The normalized spacial score (nSPS) is 12.8. The summed E-state index contributed by atoms with van der Waals surface area (Å²) in [7, 11) is 0. The van der Waals surface area contributed by atoms with E-state index in [0.29, 0.717) is 0 Å². The Morgan fingerprint density at radius 2 is 2.46 bits per heavy atom. The van der Waals surface area contributed by atoms with E-state index in [1.165, 1.54) is 0 Å². The molecule has 0 aliphatic carbocycles. The molecule has 2 nitrogen and oxygen atoms in total. The number of pyridine rings is 1. The molecule has 0 saturated heterocycles. The van der Waals surface area contributed by atoms with E-state index >= 15 is 0 Å². The summed E-state index contributed by atoms with van der Waals surface area (Å²) < 4.78 is 1.04. The molecule has 72 valence electrons. The number of rotatable bonds is 4. The van der Waals surface area contributed by atoms with Crippen LogP contribution in [0.15, 0.2) is 27.8 Å². The van der Waals surface area contributed by atoms with Crippen molar-refractivity contribution in [1.29, 1.82) is 0 Å². The first-order valence-corrected chi connectivity index (χ1v) is 6.00. The molecular weight excluding hydrogens is 248 g/mol. The minimum absolute atomic E-state index is 0.263. The summed E-state index contributed by atoms with van der Waals surface area (Å²) in [6.07, 6.45) is 2.81. The fraction of sp³-hybridized carbons (Fsp3) is 0.444. The van der Waals surface area contributed by atoms with Crippen molar-refractivity contribution in [2.24, 2.45) is 5.73 Å². The molecule has 1 heterocycles. The highest BCUT2D eigenvalue weighted by molar-refractivity contribution is 9.10. The summed E-state index contributed by atoms with van der Waals surface area (Å²) in [4.78, 5) is 4.25. The van der Waals surface area contributed by atoms with E-state index in [1.54, 1.807) is 18.0 Å². The monoisotopic (exact) mass is 260 g/mol. The number of nitrogens with two attached hydrogens (primary N) is 1. The van der Waals surface area contributed by atoms with E-state index < -0.39 is 0 Å². The average molecular weight is 261 g/mol. The molecular formula is C9H13BrN2S. The van der Waals surface area contributed by atoms with E-state index in [0.717, 1.165) is 21.7 Å². The van der Waals surface area contributed by atoms with Crippen LogP contribution in [-0.2, 0) is 0 Å². The molecule has 0 aliphatic heterocycles. The van der Waals surface area contributed by atoms with Crippen molar-refractivity contribution < 1.29 is 0 Å². The zero-order valence-corrected chi connectivity index (χ0v) is 9.94. The quantitative estimate of drug-likeness (QED) is 0.847. The highest BCUT2D eigenvalue weighted by Gasteiger charge is 2.04. The van der Waals surface area contributed by atoms with Crippen LogP contribution in [0.5, 0.6) is 0 Å². The van der Waals surface area contributed by atoms with Gasteiger partial charge >= 0.3 is 0 Å². The summed E-state index contributed by atoms with van der Waals surface area (Å²) in [6.45, 7) is 2.10. The third-order valence-corrected chi connectivity index (χ3v) is 3.78. The van der Waals surface area contributed by atoms with Gasteiger partial charge in [-0.3, -0.25) is 0 Å². The Bertz CT molecular complexity index is 268. The first-order chi connectivity index (χ1) is 6.24. The molecule has 0 aliphatic rings. The van der Waals surface area contributed by atoms with Gasteiger partial charge in [0.25, 0.3) is 0 Å². The number of hydrogen-bond donors (Lipinski definition) is 1. The molecule has 0 radical (unpaired) electrons. The maximum atomic E-state index is 5.81. The molecule has 0 amide bonds. The second-order valence-corrected chi connectivity index (χ2v) is 4.63. The molecule has 2 N–H and O–H groups in total. The molecule has 0 aromatic carbocycles. The molecule has 0 fully saturated rings. The van der Waals surface area contributed by atoms with E-state index in [4.69, 9.17) is 5.73 Å². The molecule has 13 heavy (non-hydrogen) atoms. The van der Waals surface area contributed by atoms with Crippen LogP contribution in [-0.4, -0.2) is 16.8 Å². The van der Waals surface area contributed by atoms with Gasteiger partial charge in [0.15, 0.2) is 0 Å². The van der Waals surface area contributed by atoms with Gasteiger partial charge in [-0.1, -0.05) is 6.92 Å². The number of thioether (sulfide) groups is 1. The molecule has 4 heteroatoms. The Morgan fingerprint density at radius 3 is 3.08 bits per heavy atom. The van der Waals surface area contributed by atoms with E-state index in [-0.39, 0.29) is 6.04 Å². The maximum absolute atomic E-state index is 5.81. The van der Waals surface area contributed by atoms with Gasteiger partial charge in [-0.2, -0.15) is 0 Å². The molecule has 0 spiro atoms. The zero-order valence-electron chi connectivity index (χ0n) is 7.53. The minimum atomic E-state index is 0.263. The first-order valence-electron chi connectivity index (χ1n) is 4.23. The summed E-state index contributed by atoms with van der Waals surface area (Å²) in [5.41, 5.74) is 5.81. The van der Waals surface area contributed by atoms with Crippen molar-refractivity contribution in [3.63, 3.8) is 0 Å². The highest BCUT2D eigenvalue weighted by atomic mass is 79.9. The molecule has 0 saturated carbocycles. The van der Waals surface area contributed by atoms with Gasteiger partial charge in [0.1, 0.15) is 5.03 Å². The van der Waals surface area contributed by atoms with Crippen molar-refractivity contribution in [2.75, 3.05) is 5.75 Å². The molecule has 1 rings (SSSR count). The predicted molar refractivity (Wildman–Crippen MR) is 60.9 cm³/mol. The van der Waals surface area contributed by atoms with Crippen molar-refractivity contribution in [3.8, 4) is 0 Å². The molecule has 1 aromatic rings. The van der Waals surface area contributed by atoms with Gasteiger partial charge < -0.3 is 5.73 Å². The molecule has 0 bridgehead atoms. The molecule has 1 atom stereocenters. The van der Waals surface area contributed by atoms with Gasteiger partial charge in [-0.25, -0.2) is 4.98 Å². The minimum Gasteiger partial charge on any atom is -0.327 e. The SMILES string of the molecule is CCC(N)CSc1ncccc1Br. The Balaban J connectivity index is 2.50. The topological polar surface area (TPSA) is 38.9 Å².